The van der Waals surface area contributed by atoms with Crippen molar-refractivity contribution in [3.63, 3.8) is 0 Å². The van der Waals surface area contributed by atoms with Crippen molar-refractivity contribution < 1.29 is 9.53 Å². The van der Waals surface area contributed by atoms with E-state index in [0.717, 1.165) is 11.1 Å². The maximum atomic E-state index is 12.5. The summed E-state index contributed by atoms with van der Waals surface area (Å²) in [5.74, 6) is 0.151. The number of nitrogens with zero attached hydrogens (tertiary/aromatic N) is 1. The van der Waals surface area contributed by atoms with Crippen LogP contribution in [0, 0.1) is 0 Å². The highest BCUT2D eigenvalue weighted by Crippen LogP contribution is 2.44. The molecule has 1 aliphatic carbocycles. The normalized spacial score (nSPS) is 12.4. The first kappa shape index (κ1) is 17.2. The number of H-pyrrole nitrogens is 1. The van der Waals surface area contributed by atoms with Gasteiger partial charge in [0.1, 0.15) is 6.61 Å². The third-order valence-electron chi connectivity index (χ3n) is 5.20. The Labute approximate surface area is 166 Å². The minimum atomic E-state index is -0.643. The molecule has 1 aromatic heterocycles. The topological polar surface area (TPSA) is 84.1 Å². The van der Waals surface area contributed by atoms with Crippen LogP contribution in [0.4, 0.5) is 10.6 Å². The number of para-hydroxylation sites is 1. The van der Waals surface area contributed by atoms with Crippen LogP contribution in [0.3, 0.4) is 0 Å². The Morgan fingerprint density at radius 2 is 1.55 bits per heavy atom. The second kappa shape index (κ2) is 6.91. The van der Waals surface area contributed by atoms with Crippen molar-refractivity contribution in [2.24, 2.45) is 0 Å². The molecule has 0 fully saturated rings. The van der Waals surface area contributed by atoms with Crippen molar-refractivity contribution in [1.29, 1.82) is 0 Å². The van der Waals surface area contributed by atoms with E-state index in [1.807, 2.05) is 30.3 Å². The summed E-state index contributed by atoms with van der Waals surface area (Å²) in [6.07, 6.45) is -0.643. The first-order valence-corrected chi connectivity index (χ1v) is 9.32. The van der Waals surface area contributed by atoms with E-state index in [1.165, 1.54) is 11.1 Å². The number of carbonyl (C=O) groups is 1. The second-order valence-corrected chi connectivity index (χ2v) is 6.89. The number of fused-ring (bicyclic) bond motifs is 4. The Morgan fingerprint density at radius 3 is 2.28 bits per heavy atom. The molecular weight excluding hydrogens is 366 g/mol. The molecule has 0 saturated heterocycles. The van der Waals surface area contributed by atoms with E-state index >= 15 is 0 Å². The van der Waals surface area contributed by atoms with Crippen LogP contribution in [0.1, 0.15) is 17.0 Å². The van der Waals surface area contributed by atoms with Crippen LogP contribution in [-0.2, 0) is 4.74 Å². The minimum absolute atomic E-state index is 0.0305. The lowest BCUT2D eigenvalue weighted by atomic mass is 9.98. The van der Waals surface area contributed by atoms with Gasteiger partial charge in [-0.2, -0.15) is 4.98 Å². The Hall–Kier alpha value is -3.93. The number of aromatic amines is 1. The average Bonchev–Trinajstić information content (AvgIpc) is 3.06. The smallest absolute Gasteiger partial charge is 0.412 e. The fourth-order valence-corrected chi connectivity index (χ4v) is 3.93. The Bertz CT molecular complexity index is 1250. The molecule has 1 amide bonds. The summed E-state index contributed by atoms with van der Waals surface area (Å²) in [6.45, 7) is 0.195. The standard InChI is InChI=1S/C23H17N3O3/c27-22-24-20-12-6-5-11-18(20)21(25-22)26-23(28)29-13-19-16-9-3-1-7-14(16)15-8-2-4-10-17(15)19/h1-12,19H,13H2,(H2,24,25,26,27,28). The predicted octanol–water partition coefficient (Wildman–Crippen LogP) is 4.28. The van der Waals surface area contributed by atoms with Crippen molar-refractivity contribution in [2.45, 2.75) is 5.92 Å². The van der Waals surface area contributed by atoms with Crippen LogP contribution in [0.2, 0.25) is 0 Å². The molecule has 142 valence electrons. The zero-order valence-electron chi connectivity index (χ0n) is 15.4. The van der Waals surface area contributed by atoms with E-state index in [0.29, 0.717) is 10.9 Å². The molecule has 3 aromatic carbocycles. The fraction of sp³-hybridized carbons (Fsp3) is 0.0870. The Kier molecular flexibility index (Phi) is 4.09. The molecule has 0 unspecified atom stereocenters. The van der Waals surface area contributed by atoms with Gasteiger partial charge in [0.05, 0.1) is 5.52 Å². The summed E-state index contributed by atoms with van der Waals surface area (Å²) >= 11 is 0. The molecule has 1 aliphatic rings. The summed E-state index contributed by atoms with van der Waals surface area (Å²) in [6, 6.07) is 23.4. The van der Waals surface area contributed by atoms with Crippen LogP contribution in [0.25, 0.3) is 22.0 Å². The van der Waals surface area contributed by atoms with Gasteiger partial charge >= 0.3 is 11.8 Å². The highest BCUT2D eigenvalue weighted by molar-refractivity contribution is 5.96. The number of nitrogens with one attached hydrogen (secondary N) is 2. The van der Waals surface area contributed by atoms with E-state index < -0.39 is 11.8 Å². The van der Waals surface area contributed by atoms with Crippen LogP contribution >= 0.6 is 0 Å². The molecule has 0 bridgehead atoms. The first-order chi connectivity index (χ1) is 14.2. The summed E-state index contributed by atoms with van der Waals surface area (Å²) < 4.78 is 5.53. The van der Waals surface area contributed by atoms with E-state index in [1.54, 1.807) is 18.2 Å². The van der Waals surface area contributed by atoms with Crippen LogP contribution in [0.5, 0.6) is 0 Å². The number of hydrogen-bond acceptors (Lipinski definition) is 4. The van der Waals surface area contributed by atoms with Gasteiger partial charge in [-0.05, 0) is 34.4 Å². The molecule has 0 aliphatic heterocycles. The Balaban J connectivity index is 1.38. The van der Waals surface area contributed by atoms with Gasteiger partial charge in [-0.15, -0.1) is 0 Å². The van der Waals surface area contributed by atoms with Gasteiger partial charge < -0.3 is 9.72 Å². The predicted molar refractivity (Wildman–Crippen MR) is 111 cm³/mol. The molecule has 2 N–H and O–H groups in total. The lowest BCUT2D eigenvalue weighted by Crippen LogP contribution is -2.21. The highest BCUT2D eigenvalue weighted by Gasteiger charge is 2.29. The van der Waals surface area contributed by atoms with Gasteiger partial charge in [-0.25, -0.2) is 9.59 Å². The lowest BCUT2D eigenvalue weighted by molar-refractivity contribution is 0.158. The van der Waals surface area contributed by atoms with Gasteiger partial charge in [0.25, 0.3) is 0 Å². The number of rotatable bonds is 3. The molecule has 6 nitrogen and oxygen atoms in total. The van der Waals surface area contributed by atoms with Crippen molar-refractivity contribution in [3.05, 3.63) is 94.4 Å². The van der Waals surface area contributed by atoms with Gasteiger partial charge in [-0.3, -0.25) is 5.32 Å². The van der Waals surface area contributed by atoms with E-state index in [2.05, 4.69) is 39.6 Å². The average molecular weight is 383 g/mol. The number of aromatic nitrogens is 2. The molecule has 0 saturated carbocycles. The van der Waals surface area contributed by atoms with E-state index in [4.69, 9.17) is 4.74 Å². The third kappa shape index (κ3) is 3.04. The minimum Gasteiger partial charge on any atom is -0.448 e. The zero-order chi connectivity index (χ0) is 19.8. The molecular formula is C23H17N3O3. The fourth-order valence-electron chi connectivity index (χ4n) is 3.93. The summed E-state index contributed by atoms with van der Waals surface area (Å²) in [5.41, 5.74) is 4.68. The van der Waals surface area contributed by atoms with Crippen LogP contribution in [-0.4, -0.2) is 22.7 Å². The SMILES string of the molecule is O=C(Nc1nc(=O)[nH]c2ccccc12)OCC1c2ccccc2-c2ccccc21. The Morgan fingerprint density at radius 1 is 0.931 bits per heavy atom. The van der Waals surface area contributed by atoms with E-state index in [9.17, 15) is 9.59 Å². The monoisotopic (exact) mass is 383 g/mol. The number of amides is 1. The molecule has 6 heteroatoms. The van der Waals surface area contributed by atoms with Gasteiger partial charge in [0, 0.05) is 11.3 Å². The van der Waals surface area contributed by atoms with Crippen molar-refractivity contribution in [2.75, 3.05) is 11.9 Å². The quantitative estimate of drug-likeness (QED) is 0.553. The largest absolute Gasteiger partial charge is 0.448 e. The zero-order valence-corrected chi connectivity index (χ0v) is 15.4. The number of ether oxygens (including phenoxy) is 1. The number of benzene rings is 3. The highest BCUT2D eigenvalue weighted by atomic mass is 16.5. The molecule has 5 rings (SSSR count). The van der Waals surface area contributed by atoms with Crippen molar-refractivity contribution in [1.82, 2.24) is 9.97 Å². The maximum Gasteiger partial charge on any atom is 0.412 e. The summed E-state index contributed by atoms with van der Waals surface area (Å²) in [7, 11) is 0. The van der Waals surface area contributed by atoms with Crippen LogP contribution in [0.15, 0.2) is 77.6 Å². The molecule has 4 aromatic rings. The molecule has 0 radical (unpaired) electrons. The third-order valence-corrected chi connectivity index (χ3v) is 5.20. The van der Waals surface area contributed by atoms with Crippen molar-refractivity contribution in [3.8, 4) is 11.1 Å². The molecule has 1 heterocycles. The lowest BCUT2D eigenvalue weighted by Gasteiger charge is -2.14. The first-order valence-electron chi connectivity index (χ1n) is 9.32. The van der Waals surface area contributed by atoms with Crippen LogP contribution < -0.4 is 11.0 Å². The number of hydrogen-bond donors (Lipinski definition) is 2. The van der Waals surface area contributed by atoms with Crippen molar-refractivity contribution >= 4 is 22.8 Å². The van der Waals surface area contributed by atoms with Gasteiger partial charge in [0.15, 0.2) is 5.82 Å². The summed E-state index contributed by atoms with van der Waals surface area (Å²) in [4.78, 5) is 30.7. The van der Waals surface area contributed by atoms with E-state index in [-0.39, 0.29) is 18.3 Å². The van der Waals surface area contributed by atoms with Gasteiger partial charge in [-0.1, -0.05) is 60.7 Å². The second-order valence-electron chi connectivity index (χ2n) is 6.89. The molecule has 0 spiro atoms. The number of carbonyl (C=O) groups excluding carboxylic acids is 1. The number of anilines is 1. The molecule has 0 atom stereocenters. The maximum absolute atomic E-state index is 12.5. The molecule has 29 heavy (non-hydrogen) atoms. The summed E-state index contributed by atoms with van der Waals surface area (Å²) in [5, 5.41) is 3.24. The van der Waals surface area contributed by atoms with Gasteiger partial charge in [0.2, 0.25) is 0 Å².